The van der Waals surface area contributed by atoms with Crippen molar-refractivity contribution in [2.45, 2.75) is 25.8 Å². The van der Waals surface area contributed by atoms with Crippen LogP contribution in [0.2, 0.25) is 0 Å². The van der Waals surface area contributed by atoms with Gasteiger partial charge in [0.2, 0.25) is 5.95 Å². The number of H-pyrrole nitrogens is 1. The van der Waals surface area contributed by atoms with Crippen LogP contribution >= 0.6 is 0 Å². The van der Waals surface area contributed by atoms with Crippen LogP contribution in [0.1, 0.15) is 19.3 Å². The summed E-state index contributed by atoms with van der Waals surface area (Å²) in [5.74, 6) is -0.508. The zero-order valence-corrected chi connectivity index (χ0v) is 10.9. The van der Waals surface area contributed by atoms with Gasteiger partial charge in [-0.2, -0.15) is 4.98 Å². The van der Waals surface area contributed by atoms with Gasteiger partial charge in [-0.3, -0.25) is 14.6 Å². The smallest absolute Gasteiger partial charge is 0.323 e. The van der Waals surface area contributed by atoms with E-state index in [4.69, 9.17) is 5.11 Å². The Hall–Kier alpha value is -2.38. The van der Waals surface area contributed by atoms with Gasteiger partial charge in [0.25, 0.3) is 5.56 Å². The number of aromatic amines is 1. The maximum absolute atomic E-state index is 12.1. The molecule has 1 aliphatic rings. The summed E-state index contributed by atoms with van der Waals surface area (Å²) in [6.07, 6.45) is 4.68. The Morgan fingerprint density at radius 2 is 2.10 bits per heavy atom. The number of hydrogen-bond donors (Lipinski definition) is 2. The predicted octanol–water partition coefficient (Wildman–Crippen LogP) is 0.194. The highest BCUT2D eigenvalue weighted by Gasteiger charge is 2.17. The Kier molecular flexibility index (Phi) is 3.13. The maximum Gasteiger partial charge on any atom is 0.323 e. The summed E-state index contributed by atoms with van der Waals surface area (Å²) in [5.41, 5.74) is 0.137. The Morgan fingerprint density at radius 3 is 2.80 bits per heavy atom. The molecule has 1 fully saturated rings. The van der Waals surface area contributed by atoms with Crippen molar-refractivity contribution in [3.63, 3.8) is 0 Å². The standard InChI is InChI=1S/C12H15N5O3/c18-8(19)6-17-7-13-10-9(17)11(20)15-12(14-10)16-4-2-1-3-5-16/h7H,1-6H2,(H,18,19)(H,14,15,20). The number of carbonyl (C=O) groups is 1. The Labute approximate surface area is 114 Å². The average molecular weight is 277 g/mol. The second-order valence-electron chi connectivity index (χ2n) is 4.88. The Bertz CT molecular complexity index is 699. The molecular formula is C12H15N5O3. The van der Waals surface area contributed by atoms with Crippen LogP contribution in [0.15, 0.2) is 11.1 Å². The number of aliphatic carboxylic acids is 1. The van der Waals surface area contributed by atoms with E-state index >= 15 is 0 Å². The molecule has 2 aromatic heterocycles. The van der Waals surface area contributed by atoms with E-state index in [0.29, 0.717) is 5.95 Å². The lowest BCUT2D eigenvalue weighted by molar-refractivity contribution is -0.137. The molecule has 1 saturated heterocycles. The third-order valence-corrected chi connectivity index (χ3v) is 3.43. The molecule has 3 heterocycles. The number of aromatic nitrogens is 4. The fourth-order valence-electron chi connectivity index (χ4n) is 2.50. The molecule has 8 heteroatoms. The molecule has 1 aliphatic heterocycles. The molecule has 8 nitrogen and oxygen atoms in total. The zero-order chi connectivity index (χ0) is 14.1. The van der Waals surface area contributed by atoms with Gasteiger partial charge in [0.15, 0.2) is 11.2 Å². The first kappa shape index (κ1) is 12.6. The van der Waals surface area contributed by atoms with Gasteiger partial charge in [-0.15, -0.1) is 0 Å². The first-order valence-electron chi connectivity index (χ1n) is 6.57. The highest BCUT2D eigenvalue weighted by atomic mass is 16.4. The van der Waals surface area contributed by atoms with Crippen molar-refractivity contribution >= 4 is 23.1 Å². The van der Waals surface area contributed by atoms with Crippen molar-refractivity contribution in [3.05, 3.63) is 16.7 Å². The Balaban J connectivity index is 2.02. The van der Waals surface area contributed by atoms with Crippen LogP contribution in [0.5, 0.6) is 0 Å². The SMILES string of the molecule is O=C(O)Cn1cnc2nc(N3CCCCC3)[nH]c(=O)c21. The van der Waals surface area contributed by atoms with Gasteiger partial charge < -0.3 is 14.6 Å². The molecule has 0 atom stereocenters. The van der Waals surface area contributed by atoms with E-state index in [1.54, 1.807) is 0 Å². The van der Waals surface area contributed by atoms with E-state index in [9.17, 15) is 9.59 Å². The number of rotatable bonds is 3. The van der Waals surface area contributed by atoms with Crippen LogP contribution in [0, 0.1) is 0 Å². The van der Waals surface area contributed by atoms with Gasteiger partial charge in [-0.1, -0.05) is 0 Å². The Morgan fingerprint density at radius 1 is 1.35 bits per heavy atom. The van der Waals surface area contributed by atoms with Crippen LogP contribution in [0.25, 0.3) is 11.2 Å². The number of nitrogens with zero attached hydrogens (tertiary/aromatic N) is 4. The van der Waals surface area contributed by atoms with Crippen molar-refractivity contribution in [2.24, 2.45) is 0 Å². The van der Waals surface area contributed by atoms with Crippen molar-refractivity contribution in [1.82, 2.24) is 19.5 Å². The fourth-order valence-corrected chi connectivity index (χ4v) is 2.50. The molecule has 2 aromatic rings. The summed E-state index contributed by atoms with van der Waals surface area (Å²) in [5, 5.41) is 8.80. The number of anilines is 1. The lowest BCUT2D eigenvalue weighted by atomic mass is 10.1. The zero-order valence-electron chi connectivity index (χ0n) is 10.9. The molecule has 0 radical (unpaired) electrons. The van der Waals surface area contributed by atoms with Crippen LogP contribution in [0.4, 0.5) is 5.95 Å². The summed E-state index contributed by atoms with van der Waals surface area (Å²) in [6.45, 7) is 1.43. The number of hydrogen-bond acceptors (Lipinski definition) is 5. The van der Waals surface area contributed by atoms with E-state index < -0.39 is 5.97 Å². The number of carboxylic acid groups (broad SMARTS) is 1. The molecular weight excluding hydrogens is 262 g/mol. The minimum Gasteiger partial charge on any atom is -0.480 e. The van der Waals surface area contributed by atoms with Crippen LogP contribution in [-0.2, 0) is 11.3 Å². The summed E-state index contributed by atoms with van der Waals surface area (Å²) < 4.78 is 1.30. The summed E-state index contributed by atoms with van der Waals surface area (Å²) in [6, 6.07) is 0. The minimum absolute atomic E-state index is 0.202. The third kappa shape index (κ3) is 2.24. The average Bonchev–Trinajstić information content (AvgIpc) is 2.82. The van der Waals surface area contributed by atoms with Gasteiger partial charge in [0, 0.05) is 13.1 Å². The predicted molar refractivity (Wildman–Crippen MR) is 71.8 cm³/mol. The number of piperidine rings is 1. The number of nitrogens with one attached hydrogen (secondary N) is 1. The van der Waals surface area contributed by atoms with Gasteiger partial charge in [0.05, 0.1) is 6.33 Å². The molecule has 0 aliphatic carbocycles. The first-order valence-corrected chi connectivity index (χ1v) is 6.57. The second-order valence-corrected chi connectivity index (χ2v) is 4.88. The molecule has 106 valence electrons. The maximum atomic E-state index is 12.1. The second kappa shape index (κ2) is 4.95. The highest BCUT2D eigenvalue weighted by Crippen LogP contribution is 2.16. The lowest BCUT2D eigenvalue weighted by Gasteiger charge is -2.26. The number of imidazole rings is 1. The van der Waals surface area contributed by atoms with Gasteiger partial charge >= 0.3 is 5.97 Å². The highest BCUT2D eigenvalue weighted by molar-refractivity contribution is 5.74. The monoisotopic (exact) mass is 277 g/mol. The van der Waals surface area contributed by atoms with E-state index in [0.717, 1.165) is 25.9 Å². The quantitative estimate of drug-likeness (QED) is 0.830. The molecule has 2 N–H and O–H groups in total. The van der Waals surface area contributed by atoms with Gasteiger partial charge in [-0.05, 0) is 19.3 Å². The van der Waals surface area contributed by atoms with Gasteiger partial charge in [0.1, 0.15) is 6.54 Å². The minimum atomic E-state index is -1.02. The molecule has 20 heavy (non-hydrogen) atoms. The molecule has 0 spiro atoms. The lowest BCUT2D eigenvalue weighted by Crippen LogP contribution is -2.32. The van der Waals surface area contributed by atoms with Crippen molar-refractivity contribution in [2.75, 3.05) is 18.0 Å². The topological polar surface area (TPSA) is 104 Å². The summed E-state index contributed by atoms with van der Waals surface area (Å²) >= 11 is 0. The van der Waals surface area contributed by atoms with Gasteiger partial charge in [-0.25, -0.2) is 4.98 Å². The largest absolute Gasteiger partial charge is 0.480 e. The summed E-state index contributed by atoms with van der Waals surface area (Å²) in [4.78, 5) is 36.0. The van der Waals surface area contributed by atoms with E-state index in [1.807, 2.05) is 4.90 Å². The number of fused-ring (bicyclic) bond motifs is 1. The van der Waals surface area contributed by atoms with E-state index in [-0.39, 0.29) is 23.3 Å². The molecule has 0 unspecified atom stereocenters. The van der Waals surface area contributed by atoms with Crippen LogP contribution < -0.4 is 10.5 Å². The first-order chi connectivity index (χ1) is 9.65. The normalized spacial score (nSPS) is 15.7. The summed E-state index contributed by atoms with van der Waals surface area (Å²) in [7, 11) is 0. The van der Waals surface area contributed by atoms with Crippen LogP contribution in [0.3, 0.4) is 0 Å². The van der Waals surface area contributed by atoms with E-state index in [1.165, 1.54) is 17.3 Å². The van der Waals surface area contributed by atoms with Crippen molar-refractivity contribution in [1.29, 1.82) is 0 Å². The number of carboxylic acids is 1. The van der Waals surface area contributed by atoms with Crippen LogP contribution in [-0.4, -0.2) is 43.7 Å². The molecule has 0 bridgehead atoms. The van der Waals surface area contributed by atoms with Crippen molar-refractivity contribution in [3.8, 4) is 0 Å². The molecule has 0 aromatic carbocycles. The molecule has 3 rings (SSSR count). The van der Waals surface area contributed by atoms with Crippen molar-refractivity contribution < 1.29 is 9.90 Å². The third-order valence-electron chi connectivity index (χ3n) is 3.43. The van der Waals surface area contributed by atoms with E-state index in [2.05, 4.69) is 15.0 Å². The molecule has 0 saturated carbocycles. The fraction of sp³-hybridized carbons (Fsp3) is 0.500. The molecule has 0 amide bonds.